The Hall–Kier alpha value is -2.62. The number of hydrogen-bond donors (Lipinski definition) is 2. The van der Waals surface area contributed by atoms with Crippen LogP contribution in [-0.2, 0) is 5.41 Å². The van der Waals surface area contributed by atoms with Crippen LogP contribution >= 0.6 is 0 Å². The van der Waals surface area contributed by atoms with Crippen LogP contribution in [0.5, 0.6) is 0 Å². The highest BCUT2D eigenvalue weighted by molar-refractivity contribution is 5.97. The quantitative estimate of drug-likeness (QED) is 0.910. The number of carbonyl (C=O) groups is 2. The molecule has 0 radical (unpaired) electrons. The molecule has 1 aliphatic carbocycles. The van der Waals surface area contributed by atoms with Gasteiger partial charge in [-0.05, 0) is 36.1 Å². The number of amides is 2. The van der Waals surface area contributed by atoms with E-state index in [-0.39, 0.29) is 5.41 Å². The molecular weight excluding hydrogens is 288 g/mol. The van der Waals surface area contributed by atoms with Gasteiger partial charge in [0.15, 0.2) is 0 Å². The van der Waals surface area contributed by atoms with Crippen molar-refractivity contribution >= 4 is 11.8 Å². The Balaban J connectivity index is 2.28. The van der Waals surface area contributed by atoms with Crippen LogP contribution < -0.4 is 11.5 Å². The van der Waals surface area contributed by atoms with E-state index >= 15 is 0 Å². The van der Waals surface area contributed by atoms with Gasteiger partial charge >= 0.3 is 0 Å². The van der Waals surface area contributed by atoms with Gasteiger partial charge in [-0.1, -0.05) is 49.2 Å². The van der Waals surface area contributed by atoms with Gasteiger partial charge in [0.2, 0.25) is 11.8 Å². The van der Waals surface area contributed by atoms with Crippen LogP contribution in [0.4, 0.5) is 0 Å². The molecule has 0 aromatic heterocycles. The van der Waals surface area contributed by atoms with Crippen molar-refractivity contribution in [3.8, 4) is 0 Å². The summed E-state index contributed by atoms with van der Waals surface area (Å²) in [4.78, 5) is 23.8. The van der Waals surface area contributed by atoms with E-state index in [2.05, 4.69) is 0 Å². The average Bonchev–Trinajstić information content (AvgIpc) is 3.05. The summed E-state index contributed by atoms with van der Waals surface area (Å²) < 4.78 is 0. The molecule has 0 spiro atoms. The third-order valence-corrected chi connectivity index (χ3v) is 4.87. The predicted molar refractivity (Wildman–Crippen MR) is 89.2 cm³/mol. The molecule has 23 heavy (non-hydrogen) atoms. The first-order valence-electron chi connectivity index (χ1n) is 7.85. The fraction of sp³-hybridized carbons (Fsp3) is 0.263. The van der Waals surface area contributed by atoms with Crippen LogP contribution in [0.1, 0.15) is 57.5 Å². The van der Waals surface area contributed by atoms with Gasteiger partial charge in [-0.15, -0.1) is 0 Å². The van der Waals surface area contributed by atoms with Crippen molar-refractivity contribution in [2.24, 2.45) is 11.5 Å². The lowest BCUT2D eigenvalue weighted by Gasteiger charge is -2.33. The van der Waals surface area contributed by atoms with Crippen molar-refractivity contribution < 1.29 is 9.59 Å². The molecule has 3 rings (SSSR count). The molecule has 4 N–H and O–H groups in total. The molecule has 2 amide bonds. The summed E-state index contributed by atoms with van der Waals surface area (Å²) in [6.07, 6.45) is 3.84. The van der Waals surface area contributed by atoms with Crippen molar-refractivity contribution in [3.63, 3.8) is 0 Å². The van der Waals surface area contributed by atoms with Crippen LogP contribution in [-0.4, -0.2) is 11.8 Å². The predicted octanol–water partition coefficient (Wildman–Crippen LogP) is 2.74. The first-order chi connectivity index (χ1) is 11.1. The number of primary amides is 2. The van der Waals surface area contributed by atoms with Crippen LogP contribution in [0.3, 0.4) is 0 Å². The molecule has 4 nitrogen and oxygen atoms in total. The van der Waals surface area contributed by atoms with Gasteiger partial charge in [-0.3, -0.25) is 9.59 Å². The van der Waals surface area contributed by atoms with Crippen molar-refractivity contribution in [2.75, 3.05) is 0 Å². The average molecular weight is 308 g/mol. The first kappa shape index (κ1) is 15.3. The Kier molecular flexibility index (Phi) is 3.90. The lowest BCUT2D eigenvalue weighted by atomic mass is 9.70. The third kappa shape index (κ3) is 2.50. The Labute approximate surface area is 135 Å². The molecular formula is C19H20N2O2. The van der Waals surface area contributed by atoms with Gasteiger partial charge in [-0.25, -0.2) is 0 Å². The highest BCUT2D eigenvalue weighted by Crippen LogP contribution is 2.48. The van der Waals surface area contributed by atoms with Crippen molar-refractivity contribution in [2.45, 2.75) is 31.1 Å². The minimum atomic E-state index is -0.441. The van der Waals surface area contributed by atoms with Crippen molar-refractivity contribution in [1.29, 1.82) is 0 Å². The molecule has 2 aromatic carbocycles. The summed E-state index contributed by atoms with van der Waals surface area (Å²) in [7, 11) is 0. The summed E-state index contributed by atoms with van der Waals surface area (Å²) in [5, 5.41) is 0. The molecule has 0 heterocycles. The molecule has 1 aliphatic rings. The smallest absolute Gasteiger partial charge is 0.249 e. The van der Waals surface area contributed by atoms with Crippen molar-refractivity contribution in [3.05, 3.63) is 70.8 Å². The van der Waals surface area contributed by atoms with E-state index in [0.717, 1.165) is 36.8 Å². The molecule has 1 saturated carbocycles. The molecule has 0 saturated heterocycles. The minimum Gasteiger partial charge on any atom is -0.366 e. The highest BCUT2D eigenvalue weighted by Gasteiger charge is 2.41. The summed E-state index contributed by atoms with van der Waals surface area (Å²) >= 11 is 0. The maximum atomic E-state index is 11.9. The zero-order chi connectivity index (χ0) is 16.4. The van der Waals surface area contributed by atoms with Gasteiger partial charge in [0.1, 0.15) is 0 Å². The lowest BCUT2D eigenvalue weighted by molar-refractivity contribution is 0.0992. The van der Waals surface area contributed by atoms with Gasteiger partial charge in [0.05, 0.1) is 0 Å². The molecule has 4 heteroatoms. The van der Waals surface area contributed by atoms with E-state index in [1.807, 2.05) is 36.4 Å². The summed E-state index contributed by atoms with van der Waals surface area (Å²) in [5.74, 6) is -0.883. The fourth-order valence-electron chi connectivity index (χ4n) is 3.89. The largest absolute Gasteiger partial charge is 0.366 e. The zero-order valence-electron chi connectivity index (χ0n) is 12.9. The van der Waals surface area contributed by atoms with Gasteiger partial charge in [0.25, 0.3) is 0 Å². The Morgan fingerprint density at radius 1 is 0.739 bits per heavy atom. The Morgan fingerprint density at radius 3 is 1.52 bits per heavy atom. The SMILES string of the molecule is NC(=O)c1ccccc1C1(c2ccccc2C(N)=O)CCCC1. The molecule has 2 aromatic rings. The minimum absolute atomic E-state index is 0.378. The Bertz CT molecular complexity index is 702. The van der Waals surface area contributed by atoms with Gasteiger partial charge in [0, 0.05) is 16.5 Å². The first-order valence-corrected chi connectivity index (χ1v) is 7.85. The zero-order valence-corrected chi connectivity index (χ0v) is 12.9. The van der Waals surface area contributed by atoms with Crippen LogP contribution in [0.2, 0.25) is 0 Å². The topological polar surface area (TPSA) is 86.2 Å². The third-order valence-electron chi connectivity index (χ3n) is 4.87. The fourth-order valence-corrected chi connectivity index (χ4v) is 3.89. The maximum absolute atomic E-state index is 11.9. The van der Waals surface area contributed by atoms with Crippen molar-refractivity contribution in [1.82, 2.24) is 0 Å². The monoisotopic (exact) mass is 308 g/mol. The molecule has 0 unspecified atom stereocenters. The van der Waals surface area contributed by atoms with Crippen LogP contribution in [0.25, 0.3) is 0 Å². The summed E-state index contributed by atoms with van der Waals surface area (Å²) in [6, 6.07) is 14.9. The van der Waals surface area contributed by atoms with Gasteiger partial charge < -0.3 is 11.5 Å². The van der Waals surface area contributed by atoms with E-state index in [9.17, 15) is 9.59 Å². The standard InChI is InChI=1S/C19H20N2O2/c20-17(22)13-7-1-3-9-15(13)19(11-5-6-12-19)16-10-4-2-8-14(16)18(21)23/h1-4,7-10H,5-6,11-12H2,(H2,20,22)(H2,21,23). The summed E-state index contributed by atoms with van der Waals surface area (Å²) in [6.45, 7) is 0. The molecule has 1 fully saturated rings. The number of benzene rings is 2. The molecule has 0 aliphatic heterocycles. The van der Waals surface area contributed by atoms with E-state index in [1.165, 1.54) is 0 Å². The number of carbonyl (C=O) groups excluding carboxylic acids is 2. The lowest BCUT2D eigenvalue weighted by Crippen LogP contribution is -2.31. The normalized spacial score (nSPS) is 16.2. The molecule has 0 atom stereocenters. The second-order valence-corrected chi connectivity index (χ2v) is 6.11. The van der Waals surface area contributed by atoms with E-state index < -0.39 is 11.8 Å². The molecule has 118 valence electrons. The highest BCUT2D eigenvalue weighted by atomic mass is 16.1. The Morgan fingerprint density at radius 2 is 1.13 bits per heavy atom. The van der Waals surface area contributed by atoms with Crippen LogP contribution in [0.15, 0.2) is 48.5 Å². The van der Waals surface area contributed by atoms with E-state index in [0.29, 0.717) is 11.1 Å². The van der Waals surface area contributed by atoms with E-state index in [1.54, 1.807) is 12.1 Å². The summed E-state index contributed by atoms with van der Waals surface area (Å²) in [5.41, 5.74) is 13.6. The number of hydrogen-bond acceptors (Lipinski definition) is 2. The van der Waals surface area contributed by atoms with E-state index in [4.69, 9.17) is 11.5 Å². The maximum Gasteiger partial charge on any atom is 0.249 e. The molecule has 0 bridgehead atoms. The number of nitrogens with two attached hydrogens (primary N) is 2. The van der Waals surface area contributed by atoms with Crippen LogP contribution in [0, 0.1) is 0 Å². The second-order valence-electron chi connectivity index (χ2n) is 6.11. The second kappa shape index (κ2) is 5.88. The number of rotatable bonds is 4. The van der Waals surface area contributed by atoms with Gasteiger partial charge in [-0.2, -0.15) is 0 Å².